The predicted molar refractivity (Wildman–Crippen MR) is 271 cm³/mol. The molecule has 2 nitrogen and oxygen atoms in total. The summed E-state index contributed by atoms with van der Waals surface area (Å²) < 4.78 is 4.89. The zero-order valence-corrected chi connectivity index (χ0v) is 34.8. The minimum atomic E-state index is 1.14. The lowest BCUT2D eigenvalue weighted by Gasteiger charge is -2.14. The van der Waals surface area contributed by atoms with E-state index in [2.05, 4.69) is 240 Å². The number of hydrogen-bond acceptors (Lipinski definition) is 0. The Morgan fingerprint density at radius 3 is 1.69 bits per heavy atom. The van der Waals surface area contributed by atoms with Gasteiger partial charge in [-0.25, -0.2) is 0 Å². The predicted octanol–water partition coefficient (Wildman–Crippen LogP) is 16.8. The number of para-hydroxylation sites is 2. The van der Waals surface area contributed by atoms with Crippen molar-refractivity contribution in [3.05, 3.63) is 231 Å². The van der Waals surface area contributed by atoms with Crippen LogP contribution in [0.2, 0.25) is 0 Å². The van der Waals surface area contributed by atoms with Gasteiger partial charge >= 0.3 is 0 Å². The zero-order valence-electron chi connectivity index (χ0n) is 34.8. The summed E-state index contributed by atoms with van der Waals surface area (Å²) in [5.74, 6) is 0. The number of nitrogens with zero attached hydrogens (tertiary/aromatic N) is 2. The molecule has 296 valence electrons. The lowest BCUT2D eigenvalue weighted by atomic mass is 9.91. The van der Waals surface area contributed by atoms with Crippen LogP contribution in [-0.2, 0) is 0 Å². The molecule has 13 aromatic rings. The van der Waals surface area contributed by atoms with Crippen LogP contribution in [0.1, 0.15) is 0 Å². The molecule has 64 heavy (non-hydrogen) atoms. The van der Waals surface area contributed by atoms with E-state index in [-0.39, 0.29) is 0 Å². The Morgan fingerprint density at radius 1 is 0.234 bits per heavy atom. The SMILES string of the molecule is c1ccc(-n2c3cc(-c4ccc5c(c4)c4ccccc4n5-c4cccc(-c5ccccc5-c5ccc6c(c5)-c5cccc7cccc-6c57)c4)ccc3c3ccc4ccccc4c32)cc1. The van der Waals surface area contributed by atoms with Gasteiger partial charge in [0.25, 0.3) is 0 Å². The third-order valence-corrected chi connectivity index (χ3v) is 13.8. The average molecular weight is 811 g/mol. The normalized spacial score (nSPS) is 12.1. The lowest BCUT2D eigenvalue weighted by Crippen LogP contribution is -1.95. The van der Waals surface area contributed by atoms with Crippen LogP contribution in [0.25, 0.3) is 132 Å². The lowest BCUT2D eigenvalue weighted by molar-refractivity contribution is 1.18. The van der Waals surface area contributed by atoms with Gasteiger partial charge in [-0.15, -0.1) is 0 Å². The third kappa shape index (κ3) is 5.08. The first-order valence-corrected chi connectivity index (χ1v) is 22.2. The molecule has 2 aromatic heterocycles. The van der Waals surface area contributed by atoms with Crippen LogP contribution in [0, 0.1) is 0 Å². The highest BCUT2D eigenvalue weighted by Crippen LogP contribution is 2.49. The smallest absolute Gasteiger partial charge is 0.0619 e. The molecular weight excluding hydrogens is 773 g/mol. The molecule has 0 saturated carbocycles. The molecule has 0 unspecified atom stereocenters. The van der Waals surface area contributed by atoms with E-state index < -0.39 is 0 Å². The first kappa shape index (κ1) is 35.2. The summed E-state index contributed by atoms with van der Waals surface area (Å²) in [6.07, 6.45) is 0. The highest BCUT2D eigenvalue weighted by molar-refractivity contribution is 6.20. The van der Waals surface area contributed by atoms with E-state index in [1.807, 2.05) is 0 Å². The maximum atomic E-state index is 2.45. The first-order chi connectivity index (χ1) is 31.7. The van der Waals surface area contributed by atoms with Crippen molar-refractivity contribution in [1.82, 2.24) is 9.13 Å². The monoisotopic (exact) mass is 810 g/mol. The average Bonchev–Trinajstić information content (AvgIpc) is 4.00. The number of benzene rings is 11. The maximum Gasteiger partial charge on any atom is 0.0619 e. The van der Waals surface area contributed by atoms with Gasteiger partial charge in [-0.2, -0.15) is 0 Å². The van der Waals surface area contributed by atoms with Crippen molar-refractivity contribution in [2.75, 3.05) is 0 Å². The van der Waals surface area contributed by atoms with Crippen molar-refractivity contribution in [3.63, 3.8) is 0 Å². The van der Waals surface area contributed by atoms with Crippen LogP contribution in [0.15, 0.2) is 231 Å². The molecule has 0 amide bonds. The minimum absolute atomic E-state index is 1.14. The molecule has 0 bridgehead atoms. The van der Waals surface area contributed by atoms with E-state index in [9.17, 15) is 0 Å². The Bertz CT molecular complexity index is 4060. The second-order valence-corrected chi connectivity index (χ2v) is 17.2. The van der Waals surface area contributed by atoms with Crippen LogP contribution < -0.4 is 0 Å². The van der Waals surface area contributed by atoms with Gasteiger partial charge in [0, 0.05) is 38.3 Å². The van der Waals surface area contributed by atoms with Gasteiger partial charge in [0.15, 0.2) is 0 Å². The standard InChI is InChI=1S/C62H38N2/c1-2-17-45(18-3-1)64-60-38-42(28-32-52(60)55-33-27-39-13-4-5-22-49(39)62(55)64)41-30-34-59-57(36-41)51-23-8-9-26-58(51)63(59)46-19-10-16-43(35-46)47-20-6-7-21-48(47)44-29-31-50-53-24-11-14-40-15-12-25-54(61(40)53)56(50)37-44/h1-38H. The van der Waals surface area contributed by atoms with E-state index in [0.29, 0.717) is 0 Å². The second-order valence-electron chi connectivity index (χ2n) is 17.2. The van der Waals surface area contributed by atoms with Crippen molar-refractivity contribution in [2.45, 2.75) is 0 Å². The largest absolute Gasteiger partial charge is 0.309 e. The van der Waals surface area contributed by atoms with Crippen molar-refractivity contribution < 1.29 is 0 Å². The fraction of sp³-hybridized carbons (Fsp3) is 0. The van der Waals surface area contributed by atoms with E-state index in [1.54, 1.807) is 0 Å². The van der Waals surface area contributed by atoms with Gasteiger partial charge in [0.2, 0.25) is 0 Å². The van der Waals surface area contributed by atoms with Crippen LogP contribution in [0.3, 0.4) is 0 Å². The van der Waals surface area contributed by atoms with Gasteiger partial charge in [0.05, 0.1) is 22.1 Å². The van der Waals surface area contributed by atoms with E-state index >= 15 is 0 Å². The quantitative estimate of drug-likeness (QED) is 0.164. The second kappa shape index (κ2) is 13.5. The Labute approximate surface area is 370 Å². The Kier molecular flexibility index (Phi) is 7.43. The molecular formula is C62H38N2. The number of hydrogen-bond donors (Lipinski definition) is 0. The fourth-order valence-electron chi connectivity index (χ4n) is 11.0. The van der Waals surface area contributed by atoms with Gasteiger partial charge in [-0.1, -0.05) is 176 Å². The molecule has 0 radical (unpaired) electrons. The summed E-state index contributed by atoms with van der Waals surface area (Å²) in [5.41, 5.74) is 19.7. The topological polar surface area (TPSA) is 9.86 Å². The highest BCUT2D eigenvalue weighted by atomic mass is 15.0. The molecule has 0 atom stereocenters. The summed E-state index contributed by atoms with van der Waals surface area (Å²) in [5, 5.41) is 10.2. The number of rotatable bonds is 5. The molecule has 0 saturated heterocycles. The van der Waals surface area contributed by atoms with Crippen molar-refractivity contribution in [1.29, 1.82) is 0 Å². The minimum Gasteiger partial charge on any atom is -0.309 e. The fourth-order valence-corrected chi connectivity index (χ4v) is 11.0. The van der Waals surface area contributed by atoms with Gasteiger partial charge in [0.1, 0.15) is 0 Å². The first-order valence-electron chi connectivity index (χ1n) is 22.2. The molecule has 11 aromatic carbocycles. The van der Waals surface area contributed by atoms with Gasteiger partial charge in [-0.3, -0.25) is 0 Å². The van der Waals surface area contributed by atoms with E-state index in [1.165, 1.54) is 121 Å². The summed E-state index contributed by atoms with van der Waals surface area (Å²) in [6, 6.07) is 85.3. The molecule has 2 heteroatoms. The number of aromatic nitrogens is 2. The highest BCUT2D eigenvalue weighted by Gasteiger charge is 2.23. The zero-order chi connectivity index (χ0) is 41.9. The van der Waals surface area contributed by atoms with Crippen molar-refractivity contribution in [2.24, 2.45) is 0 Å². The summed E-state index contributed by atoms with van der Waals surface area (Å²) >= 11 is 0. The molecule has 14 rings (SSSR count). The molecule has 1 aliphatic carbocycles. The van der Waals surface area contributed by atoms with Crippen molar-refractivity contribution >= 4 is 65.2 Å². The summed E-state index contributed by atoms with van der Waals surface area (Å²) in [6.45, 7) is 0. The third-order valence-electron chi connectivity index (χ3n) is 13.8. The molecule has 0 N–H and O–H groups in total. The van der Waals surface area contributed by atoms with Crippen LogP contribution >= 0.6 is 0 Å². The maximum absolute atomic E-state index is 2.45. The number of fused-ring (bicyclic) bond motifs is 11. The van der Waals surface area contributed by atoms with Crippen LogP contribution in [0.4, 0.5) is 0 Å². The van der Waals surface area contributed by atoms with Crippen molar-refractivity contribution in [3.8, 4) is 67.0 Å². The van der Waals surface area contributed by atoms with E-state index in [0.717, 1.165) is 11.4 Å². The molecule has 0 aliphatic heterocycles. The van der Waals surface area contributed by atoms with Crippen LogP contribution in [0.5, 0.6) is 0 Å². The van der Waals surface area contributed by atoms with Gasteiger partial charge < -0.3 is 9.13 Å². The Balaban J connectivity index is 0.897. The molecule has 1 aliphatic rings. The molecule has 2 heterocycles. The summed E-state index contributed by atoms with van der Waals surface area (Å²) in [7, 11) is 0. The Hall–Kier alpha value is -8.46. The summed E-state index contributed by atoms with van der Waals surface area (Å²) in [4.78, 5) is 0. The van der Waals surface area contributed by atoms with Crippen LogP contribution in [-0.4, -0.2) is 9.13 Å². The van der Waals surface area contributed by atoms with E-state index in [4.69, 9.17) is 0 Å². The molecule has 0 spiro atoms. The Morgan fingerprint density at radius 2 is 0.828 bits per heavy atom. The molecule has 0 fully saturated rings. The van der Waals surface area contributed by atoms with Gasteiger partial charge in [-0.05, 0) is 126 Å².